The van der Waals surface area contributed by atoms with E-state index in [-0.39, 0.29) is 5.91 Å². The number of aromatic nitrogens is 2. The molecule has 1 N–H and O–H groups in total. The molecule has 3 aromatic heterocycles. The van der Waals surface area contributed by atoms with Gasteiger partial charge in [-0.2, -0.15) is 0 Å². The van der Waals surface area contributed by atoms with Gasteiger partial charge in [-0.05, 0) is 54.8 Å². The van der Waals surface area contributed by atoms with Crippen LogP contribution in [0.5, 0.6) is 0 Å². The number of nitrogens with one attached hydrogen (secondary N) is 1. The van der Waals surface area contributed by atoms with Gasteiger partial charge in [0.2, 0.25) is 0 Å². The molecule has 4 aromatic rings. The largest absolute Gasteiger partial charge is 0.347 e. The van der Waals surface area contributed by atoms with Gasteiger partial charge in [0.25, 0.3) is 5.91 Å². The predicted molar refractivity (Wildman–Crippen MR) is 107 cm³/mol. The fraction of sp³-hybridized carbons (Fsp3) is 0.100. The Morgan fingerprint density at radius 2 is 1.88 bits per heavy atom. The van der Waals surface area contributed by atoms with Crippen LogP contribution < -0.4 is 5.32 Å². The molecule has 26 heavy (non-hydrogen) atoms. The smallest absolute Gasteiger partial charge is 0.251 e. The second-order valence-electron chi connectivity index (χ2n) is 5.82. The van der Waals surface area contributed by atoms with Crippen LogP contribution in [0.3, 0.4) is 0 Å². The number of benzene rings is 1. The van der Waals surface area contributed by atoms with Crippen molar-refractivity contribution in [3.8, 4) is 15.6 Å². The van der Waals surface area contributed by atoms with Crippen molar-refractivity contribution in [3.05, 3.63) is 82.4 Å². The number of rotatable bonds is 5. The summed E-state index contributed by atoms with van der Waals surface area (Å²) in [6.07, 6.45) is 3.96. The van der Waals surface area contributed by atoms with Crippen molar-refractivity contribution >= 4 is 28.6 Å². The van der Waals surface area contributed by atoms with Crippen molar-refractivity contribution in [2.24, 2.45) is 0 Å². The number of thiophene rings is 1. The number of amides is 1. The minimum absolute atomic E-state index is 0.0745. The number of carbonyl (C=O) groups is 1. The highest BCUT2D eigenvalue weighted by atomic mass is 32.1. The van der Waals surface area contributed by atoms with Gasteiger partial charge in [0.05, 0.1) is 17.1 Å². The van der Waals surface area contributed by atoms with Crippen LogP contribution in [0.1, 0.15) is 20.9 Å². The Kier molecular flexibility index (Phi) is 4.69. The minimum Gasteiger partial charge on any atom is -0.347 e. The molecule has 1 amide bonds. The topological polar surface area (TPSA) is 46.9 Å². The third-order valence-corrected chi connectivity index (χ3v) is 6.26. The van der Waals surface area contributed by atoms with Gasteiger partial charge in [-0.25, -0.2) is 4.98 Å². The highest BCUT2D eigenvalue weighted by Gasteiger charge is 2.12. The second-order valence-corrected chi connectivity index (χ2v) is 7.86. The minimum atomic E-state index is -0.0745. The van der Waals surface area contributed by atoms with Crippen molar-refractivity contribution in [2.45, 2.75) is 13.5 Å². The van der Waals surface area contributed by atoms with Crippen molar-refractivity contribution in [1.82, 2.24) is 14.9 Å². The van der Waals surface area contributed by atoms with Crippen LogP contribution in [0.2, 0.25) is 0 Å². The number of nitrogens with zero attached hydrogens (tertiary/aromatic N) is 2. The lowest BCUT2D eigenvalue weighted by atomic mass is 10.2. The van der Waals surface area contributed by atoms with E-state index < -0.39 is 0 Å². The average Bonchev–Trinajstić information content (AvgIpc) is 3.41. The summed E-state index contributed by atoms with van der Waals surface area (Å²) in [5.74, 6) is -0.0745. The SMILES string of the molecule is Cc1nc(-c2cccs2)sc1CNC(=O)c1ccc(-n2cccc2)cc1. The molecule has 0 atom stereocenters. The first-order chi connectivity index (χ1) is 12.7. The first kappa shape index (κ1) is 16.8. The van der Waals surface area contributed by atoms with Gasteiger partial charge in [-0.15, -0.1) is 22.7 Å². The Balaban J connectivity index is 1.42. The molecule has 0 radical (unpaired) electrons. The van der Waals surface area contributed by atoms with Gasteiger partial charge in [0, 0.05) is 28.5 Å². The van der Waals surface area contributed by atoms with E-state index in [1.54, 1.807) is 22.7 Å². The maximum atomic E-state index is 12.4. The van der Waals surface area contributed by atoms with E-state index in [1.807, 2.05) is 71.7 Å². The van der Waals surface area contributed by atoms with Crippen molar-refractivity contribution in [1.29, 1.82) is 0 Å². The van der Waals surface area contributed by atoms with Crippen LogP contribution in [0.4, 0.5) is 0 Å². The van der Waals surface area contributed by atoms with Gasteiger partial charge in [0.1, 0.15) is 5.01 Å². The molecule has 0 unspecified atom stereocenters. The van der Waals surface area contributed by atoms with E-state index in [0.717, 1.165) is 26.1 Å². The quantitative estimate of drug-likeness (QED) is 0.536. The molecule has 6 heteroatoms. The molecule has 1 aromatic carbocycles. The van der Waals surface area contributed by atoms with Crippen LogP contribution in [-0.2, 0) is 6.54 Å². The molecule has 0 fully saturated rings. The molecule has 0 saturated carbocycles. The molecular weight excluding hydrogens is 362 g/mol. The molecule has 130 valence electrons. The highest BCUT2D eigenvalue weighted by molar-refractivity contribution is 7.21. The molecule has 0 bridgehead atoms. The fourth-order valence-electron chi connectivity index (χ4n) is 2.65. The summed E-state index contributed by atoms with van der Waals surface area (Å²) in [4.78, 5) is 19.3. The summed E-state index contributed by atoms with van der Waals surface area (Å²) in [5, 5.41) is 6.06. The van der Waals surface area contributed by atoms with Crippen LogP contribution in [0.25, 0.3) is 15.6 Å². The van der Waals surface area contributed by atoms with Crippen molar-refractivity contribution in [2.75, 3.05) is 0 Å². The Bertz CT molecular complexity index is 1000. The Morgan fingerprint density at radius 3 is 2.58 bits per heavy atom. The number of aryl methyl sites for hydroxylation is 1. The normalized spacial score (nSPS) is 10.8. The summed E-state index contributed by atoms with van der Waals surface area (Å²) < 4.78 is 2.01. The lowest BCUT2D eigenvalue weighted by Gasteiger charge is -2.06. The zero-order valence-electron chi connectivity index (χ0n) is 14.2. The van der Waals surface area contributed by atoms with Gasteiger partial charge < -0.3 is 9.88 Å². The number of thiazole rings is 1. The lowest BCUT2D eigenvalue weighted by molar-refractivity contribution is 0.0951. The van der Waals surface area contributed by atoms with Gasteiger partial charge in [-0.3, -0.25) is 4.79 Å². The van der Waals surface area contributed by atoms with Crippen LogP contribution in [-0.4, -0.2) is 15.5 Å². The van der Waals surface area contributed by atoms with Crippen LogP contribution >= 0.6 is 22.7 Å². The van der Waals surface area contributed by atoms with E-state index in [9.17, 15) is 4.79 Å². The lowest BCUT2D eigenvalue weighted by Crippen LogP contribution is -2.22. The third kappa shape index (κ3) is 3.47. The highest BCUT2D eigenvalue weighted by Crippen LogP contribution is 2.31. The van der Waals surface area contributed by atoms with Gasteiger partial charge in [0.15, 0.2) is 0 Å². The molecule has 0 aliphatic rings. The van der Waals surface area contributed by atoms with Crippen LogP contribution in [0.15, 0.2) is 66.3 Å². The second kappa shape index (κ2) is 7.27. The number of carbonyl (C=O) groups excluding carboxylic acids is 1. The maximum absolute atomic E-state index is 12.4. The molecule has 0 saturated heterocycles. The van der Waals surface area contributed by atoms with E-state index >= 15 is 0 Å². The summed E-state index contributed by atoms with van der Waals surface area (Å²) in [7, 11) is 0. The molecule has 4 rings (SSSR count). The first-order valence-corrected chi connectivity index (χ1v) is 9.92. The zero-order chi connectivity index (χ0) is 17.9. The molecule has 4 nitrogen and oxygen atoms in total. The fourth-order valence-corrected chi connectivity index (χ4v) is 4.45. The number of hydrogen-bond donors (Lipinski definition) is 1. The van der Waals surface area contributed by atoms with E-state index in [0.29, 0.717) is 12.1 Å². The van der Waals surface area contributed by atoms with Gasteiger partial charge >= 0.3 is 0 Å². The van der Waals surface area contributed by atoms with Crippen molar-refractivity contribution < 1.29 is 4.79 Å². The molecule has 0 aliphatic heterocycles. The van der Waals surface area contributed by atoms with Crippen LogP contribution in [0, 0.1) is 6.92 Å². The Hall–Kier alpha value is -2.70. The van der Waals surface area contributed by atoms with Crippen molar-refractivity contribution in [3.63, 3.8) is 0 Å². The predicted octanol–water partition coefficient (Wildman–Crippen LogP) is 4.90. The summed E-state index contributed by atoms with van der Waals surface area (Å²) in [5.41, 5.74) is 2.66. The number of hydrogen-bond acceptors (Lipinski definition) is 4. The first-order valence-electron chi connectivity index (χ1n) is 8.22. The molecular formula is C20H17N3OS2. The Labute approximate surface area is 159 Å². The third-order valence-electron chi connectivity index (χ3n) is 4.07. The summed E-state index contributed by atoms with van der Waals surface area (Å²) in [6, 6.07) is 15.6. The molecule has 3 heterocycles. The molecule has 0 aliphatic carbocycles. The molecule has 0 spiro atoms. The maximum Gasteiger partial charge on any atom is 0.251 e. The summed E-state index contributed by atoms with van der Waals surface area (Å²) >= 11 is 3.31. The zero-order valence-corrected chi connectivity index (χ0v) is 15.8. The summed E-state index contributed by atoms with van der Waals surface area (Å²) in [6.45, 7) is 2.48. The average molecular weight is 380 g/mol. The van der Waals surface area contributed by atoms with E-state index in [4.69, 9.17) is 0 Å². The standard InChI is InChI=1S/C20H17N3OS2/c1-14-18(26-20(22-14)17-5-4-12-25-17)13-21-19(24)15-6-8-16(9-7-15)23-10-2-3-11-23/h2-12H,13H2,1H3,(H,21,24). The van der Waals surface area contributed by atoms with E-state index in [2.05, 4.69) is 16.4 Å². The van der Waals surface area contributed by atoms with E-state index in [1.165, 1.54) is 0 Å². The monoisotopic (exact) mass is 379 g/mol. The van der Waals surface area contributed by atoms with Gasteiger partial charge in [-0.1, -0.05) is 6.07 Å². The Morgan fingerprint density at radius 1 is 1.12 bits per heavy atom.